The lowest BCUT2D eigenvalue weighted by Crippen LogP contribution is -2.47. The molecule has 1 atom stereocenters. The zero-order valence-corrected chi connectivity index (χ0v) is 13.4. The first-order valence-electron chi connectivity index (χ1n) is 7.43. The van der Waals surface area contributed by atoms with Crippen LogP contribution in [0.4, 0.5) is 5.69 Å². The minimum atomic E-state index is -0.738. The van der Waals surface area contributed by atoms with Gasteiger partial charge >= 0.3 is 0 Å². The van der Waals surface area contributed by atoms with Crippen LogP contribution in [0.5, 0.6) is 0 Å². The normalized spacial score (nSPS) is 11.8. The summed E-state index contributed by atoms with van der Waals surface area (Å²) in [6, 6.07) is 8.56. The largest absolute Gasteiger partial charge is 0.459 e. The molecule has 0 aliphatic heterocycles. The summed E-state index contributed by atoms with van der Waals surface area (Å²) in [4.78, 5) is 35.5. The molecule has 0 saturated carbocycles. The maximum absolute atomic E-state index is 12.4. The van der Waals surface area contributed by atoms with E-state index in [0.717, 1.165) is 0 Å². The van der Waals surface area contributed by atoms with Crippen LogP contribution in [-0.4, -0.2) is 23.8 Å². The second kappa shape index (κ2) is 7.45. The molecule has 2 aromatic rings. The summed E-state index contributed by atoms with van der Waals surface area (Å²) in [7, 11) is 0. The van der Waals surface area contributed by atoms with Crippen LogP contribution in [0.15, 0.2) is 47.1 Å². The molecule has 1 heterocycles. The van der Waals surface area contributed by atoms with Gasteiger partial charge in [0, 0.05) is 11.3 Å². The Morgan fingerprint density at radius 3 is 2.25 bits per heavy atom. The topological polar surface area (TPSA) is 114 Å². The summed E-state index contributed by atoms with van der Waals surface area (Å²) in [5.41, 5.74) is 6.02. The predicted octanol–water partition coefficient (Wildman–Crippen LogP) is 1.77. The second-order valence-electron chi connectivity index (χ2n) is 5.60. The first-order chi connectivity index (χ1) is 11.4. The SMILES string of the molecule is CC(C)C(NC(=O)c1ccco1)C(=O)Nc1ccc(C(N)=O)cc1. The molecular weight excluding hydrogens is 310 g/mol. The average molecular weight is 329 g/mol. The highest BCUT2D eigenvalue weighted by atomic mass is 16.3. The number of nitrogens with two attached hydrogens (primary N) is 1. The molecule has 4 N–H and O–H groups in total. The van der Waals surface area contributed by atoms with Crippen molar-refractivity contribution < 1.29 is 18.8 Å². The van der Waals surface area contributed by atoms with E-state index in [1.807, 2.05) is 13.8 Å². The predicted molar refractivity (Wildman–Crippen MR) is 88.4 cm³/mol. The molecule has 0 spiro atoms. The Balaban J connectivity index is 2.06. The minimum Gasteiger partial charge on any atom is -0.459 e. The zero-order valence-electron chi connectivity index (χ0n) is 13.4. The van der Waals surface area contributed by atoms with Gasteiger partial charge in [-0.25, -0.2) is 0 Å². The summed E-state index contributed by atoms with van der Waals surface area (Å²) >= 11 is 0. The number of amides is 3. The molecule has 0 saturated heterocycles. The lowest BCUT2D eigenvalue weighted by Gasteiger charge is -2.21. The maximum atomic E-state index is 12.4. The van der Waals surface area contributed by atoms with Crippen LogP contribution in [0.1, 0.15) is 34.8 Å². The van der Waals surface area contributed by atoms with Gasteiger partial charge in [-0.1, -0.05) is 13.8 Å². The van der Waals surface area contributed by atoms with E-state index in [2.05, 4.69) is 10.6 Å². The minimum absolute atomic E-state index is 0.131. The molecule has 1 aromatic carbocycles. The first-order valence-corrected chi connectivity index (χ1v) is 7.43. The zero-order chi connectivity index (χ0) is 17.7. The van der Waals surface area contributed by atoms with Crippen LogP contribution in [-0.2, 0) is 4.79 Å². The molecule has 2 rings (SSSR count). The molecule has 0 aliphatic rings. The molecule has 126 valence electrons. The van der Waals surface area contributed by atoms with Crippen molar-refractivity contribution >= 4 is 23.4 Å². The van der Waals surface area contributed by atoms with Crippen molar-refractivity contribution in [2.75, 3.05) is 5.32 Å². The number of primary amides is 1. The third-order valence-electron chi connectivity index (χ3n) is 3.42. The summed E-state index contributed by atoms with van der Waals surface area (Å²) < 4.78 is 5.02. The summed E-state index contributed by atoms with van der Waals surface area (Å²) in [6.45, 7) is 3.64. The van der Waals surface area contributed by atoms with Crippen molar-refractivity contribution in [2.45, 2.75) is 19.9 Å². The number of carbonyl (C=O) groups is 3. The number of carbonyl (C=O) groups excluding carboxylic acids is 3. The standard InChI is InChI=1S/C17H19N3O4/c1-10(2)14(20-16(22)13-4-3-9-24-13)17(23)19-12-7-5-11(6-8-12)15(18)21/h3-10,14H,1-2H3,(H2,18,21)(H,19,23)(H,20,22). The number of hydrogen-bond donors (Lipinski definition) is 3. The van der Waals surface area contributed by atoms with Gasteiger partial charge in [-0.05, 0) is 42.3 Å². The van der Waals surface area contributed by atoms with Gasteiger partial charge in [0.05, 0.1) is 6.26 Å². The molecule has 0 fully saturated rings. The van der Waals surface area contributed by atoms with Crippen LogP contribution < -0.4 is 16.4 Å². The van der Waals surface area contributed by atoms with E-state index in [9.17, 15) is 14.4 Å². The second-order valence-corrected chi connectivity index (χ2v) is 5.60. The Labute approximate surface area is 139 Å². The van der Waals surface area contributed by atoms with E-state index >= 15 is 0 Å². The van der Waals surface area contributed by atoms with Gasteiger partial charge in [0.25, 0.3) is 5.91 Å². The third kappa shape index (κ3) is 4.22. The highest BCUT2D eigenvalue weighted by molar-refractivity contribution is 6.00. The molecule has 7 nitrogen and oxygen atoms in total. The smallest absolute Gasteiger partial charge is 0.287 e. The van der Waals surface area contributed by atoms with Crippen molar-refractivity contribution in [1.82, 2.24) is 5.32 Å². The lowest BCUT2D eigenvalue weighted by molar-refractivity contribution is -0.118. The fourth-order valence-electron chi connectivity index (χ4n) is 2.09. The van der Waals surface area contributed by atoms with Crippen molar-refractivity contribution in [2.24, 2.45) is 11.7 Å². The average Bonchev–Trinajstić information content (AvgIpc) is 3.07. The number of benzene rings is 1. The fourth-order valence-corrected chi connectivity index (χ4v) is 2.09. The van der Waals surface area contributed by atoms with Gasteiger partial charge in [0.2, 0.25) is 11.8 Å². The number of anilines is 1. The van der Waals surface area contributed by atoms with E-state index in [1.165, 1.54) is 24.5 Å². The Morgan fingerprint density at radius 1 is 1.08 bits per heavy atom. The van der Waals surface area contributed by atoms with Crippen molar-refractivity contribution in [3.8, 4) is 0 Å². The monoisotopic (exact) mass is 329 g/mol. The highest BCUT2D eigenvalue weighted by Gasteiger charge is 2.25. The fraction of sp³-hybridized carbons (Fsp3) is 0.235. The van der Waals surface area contributed by atoms with Crippen LogP contribution in [0, 0.1) is 5.92 Å². The quantitative estimate of drug-likeness (QED) is 0.749. The molecule has 1 unspecified atom stereocenters. The molecule has 7 heteroatoms. The molecule has 3 amide bonds. The van der Waals surface area contributed by atoms with E-state index in [1.54, 1.807) is 18.2 Å². The molecule has 24 heavy (non-hydrogen) atoms. The van der Waals surface area contributed by atoms with E-state index in [-0.39, 0.29) is 17.6 Å². The molecule has 0 aliphatic carbocycles. The van der Waals surface area contributed by atoms with Gasteiger partial charge < -0.3 is 20.8 Å². The summed E-state index contributed by atoms with van der Waals surface area (Å²) in [5, 5.41) is 5.35. The van der Waals surface area contributed by atoms with Crippen LogP contribution in [0.25, 0.3) is 0 Å². The van der Waals surface area contributed by atoms with E-state index in [0.29, 0.717) is 11.3 Å². The molecule has 0 bridgehead atoms. The van der Waals surface area contributed by atoms with Gasteiger partial charge in [-0.3, -0.25) is 14.4 Å². The number of furan rings is 1. The number of hydrogen-bond acceptors (Lipinski definition) is 4. The van der Waals surface area contributed by atoms with Gasteiger partial charge in [-0.15, -0.1) is 0 Å². The van der Waals surface area contributed by atoms with Crippen LogP contribution >= 0.6 is 0 Å². The molecule has 0 radical (unpaired) electrons. The Bertz CT molecular complexity index is 721. The van der Waals surface area contributed by atoms with E-state index in [4.69, 9.17) is 10.2 Å². The number of rotatable bonds is 6. The Kier molecular flexibility index (Phi) is 5.36. The first kappa shape index (κ1) is 17.3. The van der Waals surface area contributed by atoms with E-state index < -0.39 is 17.9 Å². The van der Waals surface area contributed by atoms with Crippen LogP contribution in [0.2, 0.25) is 0 Å². The van der Waals surface area contributed by atoms with Crippen LogP contribution in [0.3, 0.4) is 0 Å². The van der Waals surface area contributed by atoms with Gasteiger partial charge in [0.1, 0.15) is 6.04 Å². The molecule has 1 aromatic heterocycles. The Hall–Kier alpha value is -3.09. The van der Waals surface area contributed by atoms with Crippen molar-refractivity contribution in [3.05, 3.63) is 54.0 Å². The third-order valence-corrected chi connectivity index (χ3v) is 3.42. The molecular formula is C17H19N3O4. The Morgan fingerprint density at radius 2 is 1.75 bits per heavy atom. The van der Waals surface area contributed by atoms with Gasteiger partial charge in [-0.2, -0.15) is 0 Å². The van der Waals surface area contributed by atoms with Crippen molar-refractivity contribution in [3.63, 3.8) is 0 Å². The summed E-state index contributed by atoms with van der Waals surface area (Å²) in [6.07, 6.45) is 1.39. The van der Waals surface area contributed by atoms with Gasteiger partial charge in [0.15, 0.2) is 5.76 Å². The van der Waals surface area contributed by atoms with Crippen molar-refractivity contribution in [1.29, 1.82) is 0 Å². The maximum Gasteiger partial charge on any atom is 0.287 e. The lowest BCUT2D eigenvalue weighted by atomic mass is 10.0. The highest BCUT2D eigenvalue weighted by Crippen LogP contribution is 2.12. The number of nitrogens with one attached hydrogen (secondary N) is 2. The summed E-state index contributed by atoms with van der Waals surface area (Å²) in [5.74, 6) is -1.36.